The molecular formula is C25H29NO6. The largest absolute Gasteiger partial charge is 0.507 e. The van der Waals surface area contributed by atoms with Crippen LogP contribution in [0.15, 0.2) is 54.1 Å². The number of ether oxygens (including phenoxy) is 3. The second-order valence-corrected chi connectivity index (χ2v) is 7.81. The van der Waals surface area contributed by atoms with Crippen molar-refractivity contribution in [3.8, 4) is 11.5 Å². The number of aliphatic hydroxyl groups excluding tert-OH is 1. The van der Waals surface area contributed by atoms with Crippen molar-refractivity contribution >= 4 is 17.4 Å². The lowest BCUT2D eigenvalue weighted by Crippen LogP contribution is -2.31. The zero-order valence-corrected chi connectivity index (χ0v) is 18.8. The number of rotatable bonds is 9. The molecule has 1 heterocycles. The number of benzene rings is 2. The van der Waals surface area contributed by atoms with E-state index in [4.69, 9.17) is 14.2 Å². The molecule has 1 aliphatic heterocycles. The van der Waals surface area contributed by atoms with E-state index in [0.29, 0.717) is 42.2 Å². The summed E-state index contributed by atoms with van der Waals surface area (Å²) in [6.45, 7) is 4.61. The first-order valence-corrected chi connectivity index (χ1v) is 10.6. The van der Waals surface area contributed by atoms with Gasteiger partial charge in [0, 0.05) is 25.8 Å². The van der Waals surface area contributed by atoms with Crippen LogP contribution in [0.1, 0.15) is 37.4 Å². The van der Waals surface area contributed by atoms with Crippen LogP contribution in [0.25, 0.3) is 5.76 Å². The van der Waals surface area contributed by atoms with Gasteiger partial charge in [0.05, 0.1) is 24.8 Å². The number of Topliss-reactive ketones (excluding diaryl/α,β-unsaturated/α-hetero) is 1. The maximum absolute atomic E-state index is 13.0. The monoisotopic (exact) mass is 439 g/mol. The van der Waals surface area contributed by atoms with E-state index in [1.54, 1.807) is 44.6 Å². The first-order valence-electron chi connectivity index (χ1n) is 10.6. The highest BCUT2D eigenvalue weighted by atomic mass is 16.5. The Balaban J connectivity index is 2.10. The van der Waals surface area contributed by atoms with E-state index < -0.39 is 17.7 Å². The van der Waals surface area contributed by atoms with E-state index in [-0.39, 0.29) is 17.4 Å². The Hall–Kier alpha value is -3.32. The van der Waals surface area contributed by atoms with E-state index in [2.05, 4.69) is 0 Å². The first kappa shape index (κ1) is 23.3. The van der Waals surface area contributed by atoms with Crippen LogP contribution < -0.4 is 9.47 Å². The van der Waals surface area contributed by atoms with Crippen molar-refractivity contribution < 1.29 is 28.9 Å². The summed E-state index contributed by atoms with van der Waals surface area (Å²) in [6, 6.07) is 13.2. The van der Waals surface area contributed by atoms with Crippen molar-refractivity contribution in [2.75, 3.05) is 27.4 Å². The van der Waals surface area contributed by atoms with Gasteiger partial charge in [-0.2, -0.15) is 0 Å². The van der Waals surface area contributed by atoms with Gasteiger partial charge in [-0.15, -0.1) is 0 Å². The van der Waals surface area contributed by atoms with E-state index in [1.165, 1.54) is 4.90 Å². The summed E-state index contributed by atoms with van der Waals surface area (Å²) in [5.41, 5.74) is 1.18. The van der Waals surface area contributed by atoms with Crippen molar-refractivity contribution in [1.82, 2.24) is 4.90 Å². The predicted octanol–water partition coefficient (Wildman–Crippen LogP) is 3.94. The fourth-order valence-electron chi connectivity index (χ4n) is 3.77. The van der Waals surface area contributed by atoms with Crippen LogP contribution in [-0.4, -0.2) is 55.2 Å². The highest BCUT2D eigenvalue weighted by molar-refractivity contribution is 6.46. The first-order chi connectivity index (χ1) is 15.4. The van der Waals surface area contributed by atoms with Crippen molar-refractivity contribution in [1.29, 1.82) is 0 Å². The van der Waals surface area contributed by atoms with Crippen LogP contribution in [0.2, 0.25) is 0 Å². The van der Waals surface area contributed by atoms with Gasteiger partial charge in [0.1, 0.15) is 17.3 Å². The summed E-state index contributed by atoms with van der Waals surface area (Å²) in [7, 11) is 3.13. The molecule has 170 valence electrons. The van der Waals surface area contributed by atoms with Gasteiger partial charge in [0.25, 0.3) is 11.7 Å². The maximum atomic E-state index is 13.0. The topological polar surface area (TPSA) is 85.3 Å². The Labute approximate surface area is 188 Å². The predicted molar refractivity (Wildman–Crippen MR) is 121 cm³/mol. The molecule has 0 bridgehead atoms. The minimum absolute atomic E-state index is 0.0300. The van der Waals surface area contributed by atoms with Crippen molar-refractivity contribution in [2.24, 2.45) is 0 Å². The van der Waals surface area contributed by atoms with Crippen LogP contribution in [0.4, 0.5) is 0 Å². The number of carbonyl (C=O) groups is 2. The highest BCUT2D eigenvalue weighted by Gasteiger charge is 2.45. The molecule has 32 heavy (non-hydrogen) atoms. The zero-order chi connectivity index (χ0) is 23.3. The van der Waals surface area contributed by atoms with E-state index in [0.717, 1.165) is 0 Å². The smallest absolute Gasteiger partial charge is 0.295 e. The minimum atomic E-state index is -0.732. The third kappa shape index (κ3) is 4.94. The average molecular weight is 440 g/mol. The summed E-state index contributed by atoms with van der Waals surface area (Å²) in [5.74, 6) is -0.325. The number of likely N-dealkylation sites (tertiary alicyclic amines) is 1. The Morgan fingerprint density at radius 3 is 2.41 bits per heavy atom. The molecule has 7 heteroatoms. The molecule has 7 nitrogen and oxygen atoms in total. The summed E-state index contributed by atoms with van der Waals surface area (Å²) >= 11 is 0. The van der Waals surface area contributed by atoms with Gasteiger partial charge in [-0.1, -0.05) is 12.1 Å². The second kappa shape index (κ2) is 10.3. The molecule has 0 aromatic heterocycles. The molecule has 1 fully saturated rings. The molecule has 0 radical (unpaired) electrons. The van der Waals surface area contributed by atoms with Crippen molar-refractivity contribution in [3.63, 3.8) is 0 Å². The molecule has 3 rings (SSSR count). The lowest BCUT2D eigenvalue weighted by molar-refractivity contribution is -0.140. The van der Waals surface area contributed by atoms with E-state index in [1.807, 2.05) is 32.0 Å². The summed E-state index contributed by atoms with van der Waals surface area (Å²) in [4.78, 5) is 27.5. The van der Waals surface area contributed by atoms with Crippen LogP contribution in [0.5, 0.6) is 11.5 Å². The van der Waals surface area contributed by atoms with Crippen molar-refractivity contribution in [2.45, 2.75) is 32.4 Å². The summed E-state index contributed by atoms with van der Waals surface area (Å²) in [6.07, 6.45) is 0.530. The number of aliphatic hydroxyl groups is 1. The van der Waals surface area contributed by atoms with E-state index >= 15 is 0 Å². The molecule has 0 aliphatic carbocycles. The number of methoxy groups -OCH3 is 2. The number of amides is 1. The van der Waals surface area contributed by atoms with Crippen LogP contribution in [0, 0.1) is 0 Å². The quantitative estimate of drug-likeness (QED) is 0.276. The fourth-order valence-corrected chi connectivity index (χ4v) is 3.77. The fraction of sp³-hybridized carbons (Fsp3) is 0.360. The zero-order valence-electron chi connectivity index (χ0n) is 18.8. The van der Waals surface area contributed by atoms with Gasteiger partial charge in [-0.25, -0.2) is 0 Å². The van der Waals surface area contributed by atoms with Gasteiger partial charge in [-0.05, 0) is 62.2 Å². The molecule has 1 amide bonds. The molecule has 2 aromatic rings. The molecule has 1 aliphatic rings. The Kier molecular flexibility index (Phi) is 7.53. The Morgan fingerprint density at radius 2 is 1.78 bits per heavy atom. The lowest BCUT2D eigenvalue weighted by Gasteiger charge is -2.25. The third-order valence-electron chi connectivity index (χ3n) is 5.20. The Morgan fingerprint density at radius 1 is 1.06 bits per heavy atom. The standard InChI is InChI=1S/C25H29NO6/c1-16(2)32-20-8-5-7-18(15-20)22-21(23(27)17-9-11-19(31-4)12-10-17)24(28)25(29)26(22)13-6-14-30-3/h5,7-12,15-16,22,27H,6,13-14H2,1-4H3/b23-21-. The Bertz CT molecular complexity index is 996. The van der Waals surface area contributed by atoms with Gasteiger partial charge in [0.15, 0.2) is 0 Å². The number of hydrogen-bond acceptors (Lipinski definition) is 6. The highest BCUT2D eigenvalue weighted by Crippen LogP contribution is 2.40. The molecule has 1 unspecified atom stereocenters. The minimum Gasteiger partial charge on any atom is -0.507 e. The molecule has 1 saturated heterocycles. The maximum Gasteiger partial charge on any atom is 0.295 e. The SMILES string of the molecule is COCCCN1C(=O)C(=O)/C(=C(\O)c2ccc(OC)cc2)C1c1cccc(OC(C)C)c1. The van der Waals surface area contributed by atoms with Gasteiger partial charge >= 0.3 is 0 Å². The van der Waals surface area contributed by atoms with Gasteiger partial charge < -0.3 is 24.2 Å². The molecule has 0 spiro atoms. The molecular weight excluding hydrogens is 410 g/mol. The molecule has 1 atom stereocenters. The van der Waals surface area contributed by atoms with Crippen LogP contribution >= 0.6 is 0 Å². The second-order valence-electron chi connectivity index (χ2n) is 7.81. The van der Waals surface area contributed by atoms with Gasteiger partial charge in [-0.3, -0.25) is 9.59 Å². The normalized spacial score (nSPS) is 17.8. The number of nitrogens with zero attached hydrogens (tertiary/aromatic N) is 1. The lowest BCUT2D eigenvalue weighted by atomic mass is 9.95. The molecule has 0 saturated carbocycles. The third-order valence-corrected chi connectivity index (χ3v) is 5.20. The van der Waals surface area contributed by atoms with Crippen molar-refractivity contribution in [3.05, 3.63) is 65.2 Å². The summed E-state index contributed by atoms with van der Waals surface area (Å²) < 4.78 is 16.1. The molecule has 2 aromatic carbocycles. The number of ketones is 1. The number of hydrogen-bond donors (Lipinski definition) is 1. The van der Waals surface area contributed by atoms with Gasteiger partial charge in [0.2, 0.25) is 0 Å². The molecule has 1 N–H and O–H groups in total. The van der Waals surface area contributed by atoms with E-state index in [9.17, 15) is 14.7 Å². The van der Waals surface area contributed by atoms with Crippen LogP contribution in [0.3, 0.4) is 0 Å². The average Bonchev–Trinajstić information content (AvgIpc) is 3.03. The van der Waals surface area contributed by atoms with Crippen LogP contribution in [-0.2, 0) is 14.3 Å². The number of carbonyl (C=O) groups excluding carboxylic acids is 2. The summed E-state index contributed by atoms with van der Waals surface area (Å²) in [5, 5.41) is 11.1.